The van der Waals surface area contributed by atoms with Crippen molar-refractivity contribution < 1.29 is 4.39 Å². The van der Waals surface area contributed by atoms with Crippen LogP contribution in [0.15, 0.2) is 18.2 Å². The molecule has 7 heteroatoms. The molecule has 136 valence electrons. The normalized spacial score (nSPS) is 14.2. The number of H-pyrrole nitrogens is 1. The summed E-state index contributed by atoms with van der Waals surface area (Å²) in [6.07, 6.45) is 3.81. The summed E-state index contributed by atoms with van der Waals surface area (Å²) in [4.78, 5) is 4.74. The fraction of sp³-hybridized carbons (Fsp3) is 0.421. The lowest BCUT2D eigenvalue weighted by Crippen LogP contribution is -2.10. The zero-order valence-electron chi connectivity index (χ0n) is 14.9. The summed E-state index contributed by atoms with van der Waals surface area (Å²) in [5, 5.41) is 12.3. The first-order valence-electron chi connectivity index (χ1n) is 8.90. The highest BCUT2D eigenvalue weighted by Gasteiger charge is 2.29. The molecule has 0 amide bonds. The molecule has 1 aliphatic carbocycles. The van der Waals surface area contributed by atoms with E-state index >= 15 is 0 Å². The quantitative estimate of drug-likeness (QED) is 0.707. The van der Waals surface area contributed by atoms with Gasteiger partial charge in [-0.25, -0.2) is 14.1 Å². The minimum absolute atomic E-state index is 0.296. The third kappa shape index (κ3) is 3.38. The number of aromatic nitrogens is 5. The number of benzene rings is 1. The van der Waals surface area contributed by atoms with Crippen LogP contribution in [0, 0.1) is 19.7 Å². The third-order valence-electron chi connectivity index (χ3n) is 4.96. The van der Waals surface area contributed by atoms with E-state index in [1.807, 2.05) is 18.5 Å². The van der Waals surface area contributed by atoms with Gasteiger partial charge in [0.25, 0.3) is 0 Å². The monoisotopic (exact) mass is 373 g/mol. The summed E-state index contributed by atoms with van der Waals surface area (Å²) >= 11 is 6.20. The Kier molecular flexibility index (Phi) is 4.53. The van der Waals surface area contributed by atoms with Crippen molar-refractivity contribution in [2.45, 2.75) is 52.0 Å². The molecule has 2 heterocycles. The van der Waals surface area contributed by atoms with Crippen LogP contribution < -0.4 is 0 Å². The van der Waals surface area contributed by atoms with Gasteiger partial charge in [-0.3, -0.25) is 5.10 Å². The van der Waals surface area contributed by atoms with Crippen molar-refractivity contribution in [1.82, 2.24) is 25.0 Å². The Labute approximate surface area is 156 Å². The highest BCUT2D eigenvalue weighted by atomic mass is 35.5. The first-order chi connectivity index (χ1) is 12.5. The number of halogens is 2. The van der Waals surface area contributed by atoms with Gasteiger partial charge in [-0.05, 0) is 50.8 Å². The summed E-state index contributed by atoms with van der Waals surface area (Å²) in [5.41, 5.74) is 3.75. The predicted octanol–water partition coefficient (Wildman–Crippen LogP) is 4.12. The second-order valence-corrected chi connectivity index (χ2v) is 7.34. The lowest BCUT2D eigenvalue weighted by Gasteiger charge is -2.09. The van der Waals surface area contributed by atoms with Crippen LogP contribution in [0.4, 0.5) is 4.39 Å². The number of nitrogens with zero attached hydrogens (tertiary/aromatic N) is 4. The number of nitrogens with one attached hydrogen (secondary N) is 1. The Bertz CT molecular complexity index is 902. The Balaban J connectivity index is 1.61. The fourth-order valence-electron chi connectivity index (χ4n) is 3.23. The second kappa shape index (κ2) is 6.83. The summed E-state index contributed by atoms with van der Waals surface area (Å²) in [6.45, 7) is 4.32. The molecular formula is C19H21ClFN5. The standard InChI is InChI=1S/C19H21ClFN5/c1-11-14(12(2)24-23-11)8-9-18-22-19(13-6-7-13)25-26(18)10-15-16(20)4-3-5-17(15)21/h3-5,13H,6-10H2,1-2H3,(H,23,24). The first kappa shape index (κ1) is 17.2. The smallest absolute Gasteiger partial charge is 0.154 e. The number of aromatic amines is 1. The van der Waals surface area contributed by atoms with Gasteiger partial charge in [0.1, 0.15) is 11.6 Å². The number of hydrogen-bond donors (Lipinski definition) is 1. The van der Waals surface area contributed by atoms with Gasteiger partial charge in [0.05, 0.1) is 12.2 Å². The molecule has 1 N–H and O–H groups in total. The van der Waals surface area contributed by atoms with E-state index in [4.69, 9.17) is 16.6 Å². The van der Waals surface area contributed by atoms with Gasteiger partial charge in [-0.15, -0.1) is 0 Å². The first-order valence-corrected chi connectivity index (χ1v) is 9.27. The van der Waals surface area contributed by atoms with Crippen molar-refractivity contribution in [3.8, 4) is 0 Å². The molecule has 3 aromatic rings. The molecule has 4 rings (SSSR count). The Hall–Kier alpha value is -2.21. The minimum Gasteiger partial charge on any atom is -0.282 e. The largest absolute Gasteiger partial charge is 0.282 e. The van der Waals surface area contributed by atoms with Gasteiger partial charge in [0.15, 0.2) is 5.82 Å². The Morgan fingerprint density at radius 1 is 1.23 bits per heavy atom. The van der Waals surface area contributed by atoms with E-state index in [9.17, 15) is 4.39 Å². The molecule has 0 atom stereocenters. The molecule has 1 fully saturated rings. The van der Waals surface area contributed by atoms with E-state index in [1.54, 1.807) is 12.1 Å². The Morgan fingerprint density at radius 3 is 2.69 bits per heavy atom. The van der Waals surface area contributed by atoms with Crippen molar-refractivity contribution in [3.63, 3.8) is 0 Å². The molecule has 0 radical (unpaired) electrons. The predicted molar refractivity (Wildman–Crippen MR) is 98.0 cm³/mol. The lowest BCUT2D eigenvalue weighted by molar-refractivity contribution is 0.570. The van der Waals surface area contributed by atoms with Crippen molar-refractivity contribution in [2.75, 3.05) is 0 Å². The average molecular weight is 374 g/mol. The van der Waals surface area contributed by atoms with Crippen LogP contribution in [0.5, 0.6) is 0 Å². The molecule has 1 saturated carbocycles. The van der Waals surface area contributed by atoms with E-state index in [0.717, 1.165) is 48.7 Å². The van der Waals surface area contributed by atoms with Crippen molar-refractivity contribution in [3.05, 3.63) is 63.2 Å². The van der Waals surface area contributed by atoms with Crippen molar-refractivity contribution in [1.29, 1.82) is 0 Å². The van der Waals surface area contributed by atoms with Gasteiger partial charge < -0.3 is 0 Å². The molecule has 0 bridgehead atoms. The molecule has 0 saturated heterocycles. The summed E-state index contributed by atoms with van der Waals surface area (Å²) in [6, 6.07) is 4.75. The average Bonchev–Trinajstić information content (AvgIpc) is 3.31. The van der Waals surface area contributed by atoms with Crippen molar-refractivity contribution in [2.24, 2.45) is 0 Å². The molecule has 2 aromatic heterocycles. The van der Waals surface area contributed by atoms with E-state index < -0.39 is 0 Å². The van der Waals surface area contributed by atoms with Crippen LogP contribution in [-0.2, 0) is 19.4 Å². The van der Waals surface area contributed by atoms with Gasteiger partial charge in [-0.2, -0.15) is 10.2 Å². The van der Waals surface area contributed by atoms with Crippen LogP contribution >= 0.6 is 11.6 Å². The topological polar surface area (TPSA) is 59.4 Å². The maximum absolute atomic E-state index is 14.2. The molecule has 0 aliphatic heterocycles. The molecule has 0 spiro atoms. The van der Waals surface area contributed by atoms with Crippen LogP contribution in [0.3, 0.4) is 0 Å². The summed E-state index contributed by atoms with van der Waals surface area (Å²) in [5.74, 6) is 1.87. The van der Waals surface area contributed by atoms with Crippen molar-refractivity contribution >= 4 is 11.6 Å². The SMILES string of the molecule is Cc1n[nH]c(C)c1CCc1nc(C2CC2)nn1Cc1c(F)cccc1Cl. The van der Waals surface area contributed by atoms with E-state index in [-0.39, 0.29) is 5.82 Å². The van der Waals surface area contributed by atoms with Crippen LogP contribution in [0.2, 0.25) is 5.02 Å². The zero-order valence-corrected chi connectivity index (χ0v) is 15.6. The minimum atomic E-state index is -0.312. The molecule has 26 heavy (non-hydrogen) atoms. The molecule has 0 unspecified atom stereocenters. The van der Waals surface area contributed by atoms with Gasteiger partial charge in [0.2, 0.25) is 0 Å². The van der Waals surface area contributed by atoms with E-state index in [2.05, 4.69) is 15.3 Å². The summed E-state index contributed by atoms with van der Waals surface area (Å²) < 4.78 is 16.0. The summed E-state index contributed by atoms with van der Waals surface area (Å²) in [7, 11) is 0. The molecule has 5 nitrogen and oxygen atoms in total. The number of aryl methyl sites for hydroxylation is 3. The maximum atomic E-state index is 14.2. The molecular weight excluding hydrogens is 353 g/mol. The zero-order chi connectivity index (χ0) is 18.3. The lowest BCUT2D eigenvalue weighted by atomic mass is 10.1. The van der Waals surface area contributed by atoms with Crippen LogP contribution in [-0.4, -0.2) is 25.0 Å². The fourth-order valence-corrected chi connectivity index (χ4v) is 3.45. The highest BCUT2D eigenvalue weighted by Crippen LogP contribution is 2.38. The van der Waals surface area contributed by atoms with Gasteiger partial charge in [-0.1, -0.05) is 17.7 Å². The molecule has 1 aliphatic rings. The maximum Gasteiger partial charge on any atom is 0.154 e. The van der Waals surface area contributed by atoms with Crippen LogP contribution in [0.25, 0.3) is 0 Å². The van der Waals surface area contributed by atoms with E-state index in [0.29, 0.717) is 23.0 Å². The second-order valence-electron chi connectivity index (χ2n) is 6.93. The third-order valence-corrected chi connectivity index (χ3v) is 5.31. The highest BCUT2D eigenvalue weighted by molar-refractivity contribution is 6.31. The number of rotatable bonds is 6. The van der Waals surface area contributed by atoms with Gasteiger partial charge >= 0.3 is 0 Å². The van der Waals surface area contributed by atoms with E-state index in [1.165, 1.54) is 11.6 Å². The number of hydrogen-bond acceptors (Lipinski definition) is 3. The Morgan fingerprint density at radius 2 is 2.04 bits per heavy atom. The molecule has 1 aromatic carbocycles. The van der Waals surface area contributed by atoms with Crippen LogP contribution in [0.1, 0.15) is 52.9 Å². The van der Waals surface area contributed by atoms with Gasteiger partial charge in [0, 0.05) is 28.6 Å².